The smallest absolute Gasteiger partial charge is 0.416 e. The Bertz CT molecular complexity index is 1340. The van der Waals surface area contributed by atoms with Crippen LogP contribution in [0.4, 0.5) is 13.2 Å². The van der Waals surface area contributed by atoms with E-state index in [0.29, 0.717) is 16.8 Å². The molecule has 1 unspecified atom stereocenters. The Balaban J connectivity index is 1.80. The van der Waals surface area contributed by atoms with Gasteiger partial charge >= 0.3 is 12.1 Å². The van der Waals surface area contributed by atoms with Crippen LogP contribution in [0.3, 0.4) is 0 Å². The number of alkyl halides is 3. The predicted molar refractivity (Wildman–Crippen MR) is 127 cm³/mol. The molecule has 4 aromatic rings. The number of benzene rings is 3. The molecule has 0 spiro atoms. The molecule has 0 saturated carbocycles. The Kier molecular flexibility index (Phi) is 7.23. The summed E-state index contributed by atoms with van der Waals surface area (Å²) in [6.45, 7) is 0. The van der Waals surface area contributed by atoms with Crippen molar-refractivity contribution in [2.45, 2.75) is 12.3 Å². The van der Waals surface area contributed by atoms with Crippen LogP contribution < -0.4 is 0 Å². The maximum Gasteiger partial charge on any atom is 0.416 e. The van der Waals surface area contributed by atoms with Gasteiger partial charge in [0.15, 0.2) is 6.10 Å². The number of carbonyl (C=O) groups excluding carboxylic acids is 1. The maximum absolute atomic E-state index is 13.1. The van der Waals surface area contributed by atoms with Gasteiger partial charge in [-0.3, -0.25) is 0 Å². The van der Waals surface area contributed by atoms with Gasteiger partial charge in [0.2, 0.25) is 0 Å². The minimum absolute atomic E-state index is 0.0417. The van der Waals surface area contributed by atoms with Crippen LogP contribution in [0.5, 0.6) is 0 Å². The first-order valence-corrected chi connectivity index (χ1v) is 10.9. The zero-order valence-electron chi connectivity index (χ0n) is 17.8. The second-order valence-corrected chi connectivity index (χ2v) is 8.11. The second-order valence-electron chi connectivity index (χ2n) is 7.33. The van der Waals surface area contributed by atoms with E-state index in [9.17, 15) is 18.0 Å². The van der Waals surface area contributed by atoms with Crippen molar-refractivity contribution in [2.24, 2.45) is 0 Å². The largest absolute Gasteiger partial charge is 0.447 e. The Morgan fingerprint density at radius 1 is 0.971 bits per heavy atom. The molecular formula is C25H16Cl2F3N3O2. The van der Waals surface area contributed by atoms with Crippen LogP contribution in [0.25, 0.3) is 11.8 Å². The molecule has 0 fully saturated rings. The van der Waals surface area contributed by atoms with Gasteiger partial charge in [0.05, 0.1) is 26.9 Å². The van der Waals surface area contributed by atoms with Gasteiger partial charge < -0.3 is 4.74 Å². The molecule has 1 aromatic heterocycles. The van der Waals surface area contributed by atoms with Crippen molar-refractivity contribution in [2.75, 3.05) is 0 Å². The summed E-state index contributed by atoms with van der Waals surface area (Å²) in [5.74, 6) is -0.746. The molecule has 35 heavy (non-hydrogen) atoms. The molecule has 0 N–H and O–H groups in total. The van der Waals surface area contributed by atoms with Gasteiger partial charge in [0, 0.05) is 0 Å². The lowest BCUT2D eigenvalue weighted by molar-refractivity contribution is -0.137. The summed E-state index contributed by atoms with van der Waals surface area (Å²) >= 11 is 12.3. The van der Waals surface area contributed by atoms with E-state index in [2.05, 4.69) is 10.1 Å². The van der Waals surface area contributed by atoms with Gasteiger partial charge in [-0.15, -0.1) is 0 Å². The van der Waals surface area contributed by atoms with E-state index in [1.807, 2.05) is 0 Å². The number of hydrogen-bond donors (Lipinski definition) is 0. The first kappa shape index (κ1) is 24.5. The molecule has 10 heteroatoms. The van der Waals surface area contributed by atoms with Crippen molar-refractivity contribution in [1.82, 2.24) is 14.8 Å². The highest BCUT2D eigenvalue weighted by molar-refractivity contribution is 6.43. The Morgan fingerprint density at radius 3 is 2.31 bits per heavy atom. The minimum Gasteiger partial charge on any atom is -0.447 e. The Labute approximate surface area is 208 Å². The lowest BCUT2D eigenvalue weighted by atomic mass is 10.0. The van der Waals surface area contributed by atoms with Crippen LogP contribution in [0.2, 0.25) is 10.0 Å². The zero-order valence-corrected chi connectivity index (χ0v) is 19.3. The Hall–Kier alpha value is -3.62. The molecule has 4 rings (SSSR count). The summed E-state index contributed by atoms with van der Waals surface area (Å²) in [6.07, 6.45) is -1.22. The quantitative estimate of drug-likeness (QED) is 0.254. The number of esters is 1. The van der Waals surface area contributed by atoms with Gasteiger partial charge in [0.1, 0.15) is 12.7 Å². The first-order valence-electron chi connectivity index (χ1n) is 10.2. The van der Waals surface area contributed by atoms with Crippen LogP contribution in [-0.2, 0) is 10.9 Å². The van der Waals surface area contributed by atoms with E-state index >= 15 is 0 Å². The fourth-order valence-electron chi connectivity index (χ4n) is 3.30. The molecule has 5 nitrogen and oxygen atoms in total. The van der Waals surface area contributed by atoms with Crippen LogP contribution in [0.15, 0.2) is 85.5 Å². The van der Waals surface area contributed by atoms with E-state index < -0.39 is 23.8 Å². The fourth-order valence-corrected chi connectivity index (χ4v) is 3.68. The molecule has 0 aliphatic heterocycles. The van der Waals surface area contributed by atoms with Gasteiger partial charge in [-0.1, -0.05) is 71.7 Å². The molecule has 0 bridgehead atoms. The zero-order chi connectivity index (χ0) is 25.0. The molecule has 178 valence electrons. The summed E-state index contributed by atoms with van der Waals surface area (Å²) in [7, 11) is 0. The summed E-state index contributed by atoms with van der Waals surface area (Å²) in [4.78, 5) is 17.1. The van der Waals surface area contributed by atoms with E-state index in [-0.39, 0.29) is 15.6 Å². The van der Waals surface area contributed by atoms with Gasteiger partial charge in [-0.05, 0) is 41.5 Å². The monoisotopic (exact) mass is 517 g/mol. The molecule has 1 atom stereocenters. The molecule has 0 saturated heterocycles. The molecule has 0 aliphatic rings. The lowest BCUT2D eigenvalue weighted by Gasteiger charge is -2.22. The number of halogens is 5. The third-order valence-electron chi connectivity index (χ3n) is 5.00. The number of nitrogens with zero attached hydrogens (tertiary/aromatic N) is 3. The summed E-state index contributed by atoms with van der Waals surface area (Å²) in [5, 5.41) is 4.38. The van der Waals surface area contributed by atoms with Crippen molar-refractivity contribution in [3.8, 4) is 0 Å². The average Bonchev–Trinajstić information content (AvgIpc) is 3.38. The summed E-state index contributed by atoms with van der Waals surface area (Å²) < 4.78 is 46.3. The molecule has 1 heterocycles. The standard InChI is InChI=1S/C25H16Cl2F3N3O2/c26-20-8-4-7-19(22(20)27)24(34)35-23(17-5-2-1-3-6-17)21(33-15-31-14-32-33)13-16-9-11-18(12-10-16)25(28,29)30/h1-15,23H/b21-13+. The third kappa shape index (κ3) is 5.72. The van der Waals surface area contributed by atoms with Crippen LogP contribution in [0.1, 0.15) is 33.2 Å². The summed E-state index contributed by atoms with van der Waals surface area (Å²) in [6, 6.07) is 18.0. The number of carbonyl (C=O) groups is 1. The number of hydrogen-bond acceptors (Lipinski definition) is 4. The number of rotatable bonds is 6. The topological polar surface area (TPSA) is 57.0 Å². The average molecular weight is 518 g/mol. The van der Waals surface area contributed by atoms with Crippen LogP contribution in [-0.4, -0.2) is 20.7 Å². The molecule has 0 radical (unpaired) electrons. The van der Waals surface area contributed by atoms with Crippen molar-refractivity contribution >= 4 is 40.9 Å². The highest BCUT2D eigenvalue weighted by Crippen LogP contribution is 2.34. The number of aromatic nitrogens is 3. The highest BCUT2D eigenvalue weighted by Gasteiger charge is 2.30. The van der Waals surface area contributed by atoms with Crippen molar-refractivity contribution in [3.05, 3.63) is 118 Å². The SMILES string of the molecule is O=C(OC(/C(=C\c1ccc(C(F)(F)F)cc1)n1cncn1)c1ccccc1)c1cccc(Cl)c1Cl. The first-order chi connectivity index (χ1) is 16.7. The Morgan fingerprint density at radius 2 is 1.69 bits per heavy atom. The highest BCUT2D eigenvalue weighted by atomic mass is 35.5. The molecular weight excluding hydrogens is 502 g/mol. The normalized spacial score (nSPS) is 12.9. The fraction of sp³-hybridized carbons (Fsp3) is 0.0800. The van der Waals surface area contributed by atoms with Crippen LogP contribution >= 0.6 is 23.2 Å². The van der Waals surface area contributed by atoms with Crippen molar-refractivity contribution in [1.29, 1.82) is 0 Å². The third-order valence-corrected chi connectivity index (χ3v) is 5.82. The maximum atomic E-state index is 13.1. The van der Waals surface area contributed by atoms with E-state index in [4.69, 9.17) is 27.9 Å². The minimum atomic E-state index is -4.46. The summed E-state index contributed by atoms with van der Waals surface area (Å²) in [5.41, 5.74) is 0.639. The van der Waals surface area contributed by atoms with E-state index in [1.165, 1.54) is 35.5 Å². The number of ether oxygens (including phenoxy) is 1. The lowest BCUT2D eigenvalue weighted by Crippen LogP contribution is -2.17. The van der Waals surface area contributed by atoms with Crippen LogP contribution in [0, 0.1) is 0 Å². The predicted octanol–water partition coefficient (Wildman–Crippen LogP) is 7.20. The van der Waals surface area contributed by atoms with Gasteiger partial charge in [-0.2, -0.15) is 18.3 Å². The molecule has 0 amide bonds. The van der Waals surface area contributed by atoms with Gasteiger partial charge in [0.25, 0.3) is 0 Å². The second kappa shape index (κ2) is 10.3. The molecule has 3 aromatic carbocycles. The molecule has 0 aliphatic carbocycles. The van der Waals surface area contributed by atoms with E-state index in [1.54, 1.807) is 48.5 Å². The van der Waals surface area contributed by atoms with Gasteiger partial charge in [-0.25, -0.2) is 14.5 Å². The van der Waals surface area contributed by atoms with Crippen molar-refractivity contribution < 1.29 is 22.7 Å². The van der Waals surface area contributed by atoms with E-state index in [0.717, 1.165) is 12.1 Å². The van der Waals surface area contributed by atoms with Crippen molar-refractivity contribution in [3.63, 3.8) is 0 Å².